The number of nitrogens with one attached hydrogen (secondary N) is 1. The number of rotatable bonds is 4. The van der Waals surface area contributed by atoms with Gasteiger partial charge in [-0.05, 0) is 24.1 Å². The molecule has 1 atom stereocenters. The minimum Gasteiger partial charge on any atom is -0.306 e. The molecule has 0 amide bonds. The zero-order chi connectivity index (χ0) is 13.1. The molecule has 0 aliphatic carbocycles. The van der Waals surface area contributed by atoms with Crippen molar-refractivity contribution in [1.29, 1.82) is 0 Å². The lowest BCUT2D eigenvalue weighted by Gasteiger charge is -2.17. The van der Waals surface area contributed by atoms with E-state index in [1.807, 2.05) is 24.4 Å². The third-order valence-corrected chi connectivity index (χ3v) is 3.52. The molecule has 18 heavy (non-hydrogen) atoms. The Morgan fingerprint density at radius 2 is 1.89 bits per heavy atom. The highest BCUT2D eigenvalue weighted by Crippen LogP contribution is 2.29. The van der Waals surface area contributed by atoms with Crippen molar-refractivity contribution in [3.8, 4) is 0 Å². The molecule has 0 radical (unpaired) electrons. The Bertz CT molecular complexity index is 525. The van der Waals surface area contributed by atoms with Crippen LogP contribution in [0.25, 0.3) is 0 Å². The van der Waals surface area contributed by atoms with Gasteiger partial charge >= 0.3 is 0 Å². The Hall–Kier alpha value is -1.33. The van der Waals surface area contributed by atoms with Gasteiger partial charge in [0, 0.05) is 16.5 Å². The molecule has 96 valence electrons. The summed E-state index contributed by atoms with van der Waals surface area (Å²) in [5, 5.41) is 4.93. The Kier molecular flexibility index (Phi) is 4.04. The van der Waals surface area contributed by atoms with Crippen LogP contribution >= 0.6 is 11.3 Å². The van der Waals surface area contributed by atoms with Crippen molar-refractivity contribution in [2.75, 3.05) is 6.54 Å². The molecule has 1 N–H and O–H groups in total. The summed E-state index contributed by atoms with van der Waals surface area (Å²) >= 11 is 1.44. The van der Waals surface area contributed by atoms with Gasteiger partial charge in [-0.2, -0.15) is 0 Å². The summed E-state index contributed by atoms with van der Waals surface area (Å²) < 4.78 is 39.9. The van der Waals surface area contributed by atoms with Gasteiger partial charge in [0.05, 0.1) is 6.04 Å². The van der Waals surface area contributed by atoms with Crippen molar-refractivity contribution in [2.24, 2.45) is 0 Å². The fourth-order valence-corrected chi connectivity index (χ4v) is 2.60. The highest BCUT2D eigenvalue weighted by atomic mass is 32.1. The van der Waals surface area contributed by atoms with Crippen molar-refractivity contribution < 1.29 is 13.2 Å². The first-order valence-corrected chi connectivity index (χ1v) is 6.42. The van der Waals surface area contributed by atoms with Gasteiger partial charge in [0.1, 0.15) is 5.82 Å². The second-order valence-electron chi connectivity index (χ2n) is 3.79. The van der Waals surface area contributed by atoms with Gasteiger partial charge in [0.2, 0.25) is 0 Å². The van der Waals surface area contributed by atoms with Crippen LogP contribution in [0, 0.1) is 17.5 Å². The first-order valence-electron chi connectivity index (χ1n) is 5.54. The van der Waals surface area contributed by atoms with E-state index in [9.17, 15) is 13.2 Å². The van der Waals surface area contributed by atoms with Crippen molar-refractivity contribution in [2.45, 2.75) is 13.0 Å². The van der Waals surface area contributed by atoms with Crippen LogP contribution in [-0.4, -0.2) is 6.54 Å². The number of benzene rings is 1. The van der Waals surface area contributed by atoms with Gasteiger partial charge in [0.25, 0.3) is 0 Å². The molecule has 1 aromatic carbocycles. The molecule has 0 saturated heterocycles. The summed E-state index contributed by atoms with van der Waals surface area (Å²) in [6.07, 6.45) is 0. The Morgan fingerprint density at radius 1 is 1.17 bits per heavy atom. The predicted molar refractivity (Wildman–Crippen MR) is 66.2 cm³/mol. The van der Waals surface area contributed by atoms with Crippen molar-refractivity contribution in [3.63, 3.8) is 0 Å². The molecule has 2 aromatic rings. The zero-order valence-electron chi connectivity index (χ0n) is 9.71. The SMILES string of the molecule is CCNC(c1cccs1)c1cc(F)c(F)cc1F. The molecular formula is C13H12F3NS. The van der Waals surface area contributed by atoms with E-state index in [1.165, 1.54) is 11.3 Å². The topological polar surface area (TPSA) is 12.0 Å². The summed E-state index contributed by atoms with van der Waals surface area (Å²) in [4.78, 5) is 0.863. The van der Waals surface area contributed by atoms with E-state index < -0.39 is 23.5 Å². The fourth-order valence-electron chi connectivity index (χ4n) is 1.78. The average molecular weight is 271 g/mol. The maximum atomic E-state index is 13.8. The van der Waals surface area contributed by atoms with Crippen LogP contribution in [0.2, 0.25) is 0 Å². The molecule has 5 heteroatoms. The lowest BCUT2D eigenvalue weighted by atomic mass is 10.0. The molecule has 1 aromatic heterocycles. The van der Waals surface area contributed by atoms with Gasteiger partial charge in [-0.15, -0.1) is 11.3 Å². The molecule has 0 fully saturated rings. The van der Waals surface area contributed by atoms with E-state index in [4.69, 9.17) is 0 Å². The largest absolute Gasteiger partial charge is 0.306 e. The second kappa shape index (κ2) is 5.54. The average Bonchev–Trinajstić information content (AvgIpc) is 2.85. The highest BCUT2D eigenvalue weighted by Gasteiger charge is 2.20. The third-order valence-electron chi connectivity index (χ3n) is 2.59. The van der Waals surface area contributed by atoms with E-state index in [-0.39, 0.29) is 5.56 Å². The standard InChI is InChI=1S/C13H12F3NS/c1-2-17-13(12-4-3-5-18-12)8-6-10(15)11(16)7-9(8)14/h3-7,13,17H,2H2,1H3. The second-order valence-corrected chi connectivity index (χ2v) is 4.77. The quantitative estimate of drug-likeness (QED) is 0.832. The van der Waals surface area contributed by atoms with Gasteiger partial charge in [0.15, 0.2) is 11.6 Å². The third kappa shape index (κ3) is 2.57. The van der Waals surface area contributed by atoms with Crippen LogP contribution in [0.3, 0.4) is 0 Å². The molecule has 1 nitrogen and oxygen atoms in total. The maximum Gasteiger partial charge on any atom is 0.161 e. The van der Waals surface area contributed by atoms with Gasteiger partial charge in [-0.1, -0.05) is 13.0 Å². The molecular weight excluding hydrogens is 259 g/mol. The summed E-state index contributed by atoms with van der Waals surface area (Å²) in [7, 11) is 0. The molecule has 0 saturated carbocycles. The summed E-state index contributed by atoms with van der Waals surface area (Å²) in [5.41, 5.74) is 0.123. The smallest absolute Gasteiger partial charge is 0.161 e. The minimum atomic E-state index is -1.17. The van der Waals surface area contributed by atoms with E-state index in [1.54, 1.807) is 0 Å². The molecule has 0 spiro atoms. The minimum absolute atomic E-state index is 0.123. The first kappa shape index (κ1) is 13.1. The fraction of sp³-hybridized carbons (Fsp3) is 0.231. The monoisotopic (exact) mass is 271 g/mol. The normalized spacial score (nSPS) is 12.7. The number of hydrogen-bond acceptors (Lipinski definition) is 2. The van der Waals surface area contributed by atoms with Crippen molar-refractivity contribution in [1.82, 2.24) is 5.32 Å². The molecule has 0 aliphatic rings. The van der Waals surface area contributed by atoms with Crippen LogP contribution < -0.4 is 5.32 Å². The maximum absolute atomic E-state index is 13.8. The van der Waals surface area contributed by atoms with Gasteiger partial charge in [-0.3, -0.25) is 0 Å². The Morgan fingerprint density at radius 3 is 2.50 bits per heavy atom. The highest BCUT2D eigenvalue weighted by molar-refractivity contribution is 7.10. The first-order chi connectivity index (χ1) is 8.63. The van der Waals surface area contributed by atoms with E-state index >= 15 is 0 Å². The van der Waals surface area contributed by atoms with E-state index in [2.05, 4.69) is 5.32 Å². The zero-order valence-corrected chi connectivity index (χ0v) is 10.5. The number of thiophene rings is 1. The van der Waals surface area contributed by atoms with Crippen LogP contribution in [0.15, 0.2) is 29.6 Å². The van der Waals surface area contributed by atoms with Crippen LogP contribution in [0.5, 0.6) is 0 Å². The Balaban J connectivity index is 2.46. The van der Waals surface area contributed by atoms with Crippen LogP contribution in [0.4, 0.5) is 13.2 Å². The lowest BCUT2D eigenvalue weighted by molar-refractivity contribution is 0.482. The van der Waals surface area contributed by atoms with Crippen LogP contribution in [-0.2, 0) is 0 Å². The molecule has 2 rings (SSSR count). The van der Waals surface area contributed by atoms with Crippen molar-refractivity contribution >= 4 is 11.3 Å². The van der Waals surface area contributed by atoms with Crippen LogP contribution in [0.1, 0.15) is 23.4 Å². The molecule has 1 heterocycles. The molecule has 0 bridgehead atoms. The Labute approximate surface area is 107 Å². The lowest BCUT2D eigenvalue weighted by Crippen LogP contribution is -2.22. The van der Waals surface area contributed by atoms with E-state index in [0.717, 1.165) is 10.9 Å². The summed E-state index contributed by atoms with van der Waals surface area (Å²) in [5.74, 6) is -2.95. The number of halogens is 3. The summed E-state index contributed by atoms with van der Waals surface area (Å²) in [6.45, 7) is 2.47. The molecule has 1 unspecified atom stereocenters. The van der Waals surface area contributed by atoms with Gasteiger partial charge in [-0.25, -0.2) is 13.2 Å². The predicted octanol–water partition coefficient (Wildman–Crippen LogP) is 3.86. The van der Waals surface area contributed by atoms with E-state index in [0.29, 0.717) is 12.6 Å². The summed E-state index contributed by atoms with van der Waals surface area (Å²) in [6, 6.07) is 4.71. The van der Waals surface area contributed by atoms with Crippen molar-refractivity contribution in [3.05, 3.63) is 57.5 Å². The number of hydrogen-bond donors (Lipinski definition) is 1. The molecule has 0 aliphatic heterocycles. The van der Waals surface area contributed by atoms with Gasteiger partial charge < -0.3 is 5.32 Å².